The number of rotatable bonds is 6. The van der Waals surface area contributed by atoms with Crippen LogP contribution in [0.1, 0.15) is 78.1 Å². The van der Waals surface area contributed by atoms with Crippen LogP contribution in [0.4, 0.5) is 4.79 Å². The molecule has 2 amide bonds. The van der Waals surface area contributed by atoms with Gasteiger partial charge in [0.25, 0.3) is 0 Å². The van der Waals surface area contributed by atoms with Crippen LogP contribution in [-0.2, 0) is 4.74 Å². The Morgan fingerprint density at radius 3 is 2.41 bits per heavy atom. The van der Waals surface area contributed by atoms with Gasteiger partial charge < -0.3 is 19.9 Å². The molecule has 150 valence electrons. The third-order valence-electron chi connectivity index (χ3n) is 5.40. The Kier molecular flexibility index (Phi) is 7.05. The van der Waals surface area contributed by atoms with E-state index in [0.717, 1.165) is 25.7 Å². The Morgan fingerprint density at radius 2 is 1.85 bits per heavy atom. The van der Waals surface area contributed by atoms with Crippen LogP contribution in [0.15, 0.2) is 0 Å². The van der Waals surface area contributed by atoms with Crippen molar-refractivity contribution in [1.82, 2.24) is 15.2 Å². The predicted octanol–water partition coefficient (Wildman–Crippen LogP) is 3.35. The van der Waals surface area contributed by atoms with Crippen molar-refractivity contribution in [3.8, 4) is 0 Å². The monoisotopic (exact) mass is 377 g/mol. The van der Waals surface area contributed by atoms with Gasteiger partial charge in [-0.15, -0.1) is 0 Å². The van der Waals surface area contributed by atoms with Crippen molar-refractivity contribution in [2.45, 2.75) is 71.9 Å². The maximum Gasteiger partial charge on any atom is 0.354 e. The lowest BCUT2D eigenvalue weighted by Gasteiger charge is -2.38. The van der Waals surface area contributed by atoms with Crippen LogP contribution in [-0.4, -0.2) is 53.4 Å². The lowest BCUT2D eigenvalue weighted by molar-refractivity contribution is 0.0593. The Labute approximate surface area is 160 Å². The first kappa shape index (κ1) is 21.0. The quantitative estimate of drug-likeness (QED) is 0.587. The first-order valence-corrected chi connectivity index (χ1v) is 9.71. The summed E-state index contributed by atoms with van der Waals surface area (Å²) in [6, 6.07) is -0.758. The molecule has 0 aliphatic heterocycles. The highest BCUT2D eigenvalue weighted by atomic mass is 16.5. The minimum absolute atomic E-state index is 0.0591. The van der Waals surface area contributed by atoms with E-state index in [1.807, 2.05) is 6.92 Å². The smallest absolute Gasteiger partial charge is 0.354 e. The predicted molar refractivity (Wildman–Crippen MR) is 103 cm³/mol. The normalized spacial score (nSPS) is 15.9. The van der Waals surface area contributed by atoms with Crippen LogP contribution in [0.5, 0.6) is 0 Å². The van der Waals surface area contributed by atoms with Gasteiger partial charge >= 0.3 is 12.0 Å². The number of methoxy groups -OCH3 is 1. The molecule has 1 aliphatic carbocycles. The first-order valence-electron chi connectivity index (χ1n) is 9.71. The van der Waals surface area contributed by atoms with Gasteiger partial charge in [-0.1, -0.05) is 19.3 Å². The van der Waals surface area contributed by atoms with Crippen LogP contribution >= 0.6 is 0 Å². The summed E-state index contributed by atoms with van der Waals surface area (Å²) in [4.78, 5) is 42.6. The van der Waals surface area contributed by atoms with Gasteiger partial charge in [0.1, 0.15) is 5.69 Å². The van der Waals surface area contributed by atoms with Gasteiger partial charge in [-0.2, -0.15) is 0 Å². The highest BCUT2D eigenvalue weighted by molar-refractivity contribution is 6.06. The zero-order valence-corrected chi connectivity index (χ0v) is 17.0. The number of aryl methyl sites for hydroxylation is 1. The number of Topliss-reactive ketones (excluding diaryl/α,β-unsaturated/α-hetero) is 1. The number of esters is 1. The summed E-state index contributed by atoms with van der Waals surface area (Å²) in [6.45, 7) is 7.64. The minimum atomic E-state index is -0.613. The van der Waals surface area contributed by atoms with Crippen LogP contribution in [0, 0.1) is 13.8 Å². The number of hydrogen-bond donors (Lipinski definition) is 2. The topological polar surface area (TPSA) is 91.5 Å². The van der Waals surface area contributed by atoms with E-state index >= 15 is 0 Å². The van der Waals surface area contributed by atoms with Gasteiger partial charge in [0.15, 0.2) is 5.78 Å². The zero-order chi connectivity index (χ0) is 20.1. The Bertz CT molecular complexity index is 704. The van der Waals surface area contributed by atoms with Crippen molar-refractivity contribution < 1.29 is 19.1 Å². The average molecular weight is 377 g/mol. The molecule has 0 spiro atoms. The maximum absolute atomic E-state index is 13.3. The molecule has 1 heterocycles. The summed E-state index contributed by atoms with van der Waals surface area (Å²) in [5, 5.41) is 2.84. The molecule has 7 heteroatoms. The van der Waals surface area contributed by atoms with Crippen molar-refractivity contribution in [2.24, 2.45) is 0 Å². The van der Waals surface area contributed by atoms with E-state index in [2.05, 4.69) is 10.3 Å². The molecule has 1 aromatic heterocycles. The summed E-state index contributed by atoms with van der Waals surface area (Å²) in [5.41, 5.74) is 1.93. The molecule has 0 bridgehead atoms. The number of aromatic amines is 1. The molecular formula is C20H31N3O4. The molecule has 1 unspecified atom stereocenters. The second-order valence-electron chi connectivity index (χ2n) is 7.19. The molecular weight excluding hydrogens is 346 g/mol. The SMILES string of the molecule is CCNC(=O)N(C1CCCCC1)C(C)C(=O)c1c(C)[nH]c(C(=O)OC)c1C. The molecule has 2 N–H and O–H groups in total. The summed E-state index contributed by atoms with van der Waals surface area (Å²) in [6.07, 6.45) is 5.12. The van der Waals surface area contributed by atoms with Crippen LogP contribution < -0.4 is 5.32 Å². The number of hydrogen-bond acceptors (Lipinski definition) is 4. The van der Waals surface area contributed by atoms with E-state index < -0.39 is 12.0 Å². The number of urea groups is 1. The van der Waals surface area contributed by atoms with E-state index in [1.54, 1.807) is 25.7 Å². The van der Waals surface area contributed by atoms with Gasteiger partial charge in [0.2, 0.25) is 0 Å². The van der Waals surface area contributed by atoms with Crippen molar-refractivity contribution in [3.05, 3.63) is 22.5 Å². The molecule has 7 nitrogen and oxygen atoms in total. The van der Waals surface area contributed by atoms with E-state index in [9.17, 15) is 14.4 Å². The molecule has 1 atom stereocenters. The van der Waals surface area contributed by atoms with Crippen molar-refractivity contribution in [1.29, 1.82) is 0 Å². The Balaban J connectivity index is 2.35. The number of nitrogens with zero attached hydrogens (tertiary/aromatic N) is 1. The number of ketones is 1. The van der Waals surface area contributed by atoms with Crippen LogP contribution in [0.2, 0.25) is 0 Å². The van der Waals surface area contributed by atoms with Crippen LogP contribution in [0.25, 0.3) is 0 Å². The van der Waals surface area contributed by atoms with E-state index in [1.165, 1.54) is 13.5 Å². The van der Waals surface area contributed by atoms with E-state index in [0.29, 0.717) is 23.4 Å². The first-order chi connectivity index (χ1) is 12.8. The van der Waals surface area contributed by atoms with E-state index in [4.69, 9.17) is 4.74 Å². The zero-order valence-electron chi connectivity index (χ0n) is 17.0. The van der Waals surface area contributed by atoms with Crippen molar-refractivity contribution in [2.75, 3.05) is 13.7 Å². The number of ether oxygens (including phenoxy) is 1. The fourth-order valence-corrected chi connectivity index (χ4v) is 4.02. The van der Waals surface area contributed by atoms with Crippen molar-refractivity contribution >= 4 is 17.8 Å². The molecule has 27 heavy (non-hydrogen) atoms. The number of carbonyl (C=O) groups excluding carboxylic acids is 3. The highest BCUT2D eigenvalue weighted by Gasteiger charge is 2.35. The number of carbonyl (C=O) groups is 3. The summed E-state index contributed by atoms with van der Waals surface area (Å²) in [7, 11) is 1.31. The number of amides is 2. The van der Waals surface area contributed by atoms with Crippen LogP contribution in [0.3, 0.4) is 0 Å². The fraction of sp³-hybridized carbons (Fsp3) is 0.650. The molecule has 0 aromatic carbocycles. The van der Waals surface area contributed by atoms with Gasteiger partial charge in [0, 0.05) is 23.8 Å². The average Bonchev–Trinajstić information content (AvgIpc) is 2.96. The number of nitrogens with one attached hydrogen (secondary N) is 2. The molecule has 0 radical (unpaired) electrons. The molecule has 1 fully saturated rings. The lowest BCUT2D eigenvalue weighted by Crippen LogP contribution is -2.53. The maximum atomic E-state index is 13.3. The largest absolute Gasteiger partial charge is 0.464 e. The molecule has 0 saturated heterocycles. The van der Waals surface area contributed by atoms with Crippen molar-refractivity contribution in [3.63, 3.8) is 0 Å². The van der Waals surface area contributed by atoms with Gasteiger partial charge in [-0.25, -0.2) is 9.59 Å². The Morgan fingerprint density at radius 1 is 1.22 bits per heavy atom. The summed E-state index contributed by atoms with van der Waals surface area (Å²) >= 11 is 0. The standard InChI is InChI=1S/C20H31N3O4/c1-6-21-20(26)23(15-10-8-7-9-11-15)14(4)18(24)16-12(2)17(19(25)27-5)22-13(16)3/h14-15,22H,6-11H2,1-5H3,(H,21,26). The fourth-order valence-electron chi connectivity index (χ4n) is 4.02. The minimum Gasteiger partial charge on any atom is -0.464 e. The van der Waals surface area contributed by atoms with Gasteiger partial charge in [-0.3, -0.25) is 4.79 Å². The summed E-state index contributed by atoms with van der Waals surface area (Å²) in [5.74, 6) is -0.664. The lowest BCUT2D eigenvalue weighted by atomic mass is 9.91. The highest BCUT2D eigenvalue weighted by Crippen LogP contribution is 2.27. The van der Waals surface area contributed by atoms with Gasteiger partial charge in [0.05, 0.1) is 13.2 Å². The third kappa shape index (κ3) is 4.34. The van der Waals surface area contributed by atoms with Gasteiger partial charge in [-0.05, 0) is 46.1 Å². The second-order valence-corrected chi connectivity index (χ2v) is 7.19. The third-order valence-corrected chi connectivity index (χ3v) is 5.40. The molecule has 1 aliphatic rings. The summed E-state index contributed by atoms with van der Waals surface area (Å²) < 4.78 is 4.78. The number of H-pyrrole nitrogens is 1. The molecule has 2 rings (SSSR count). The Hall–Kier alpha value is -2.31. The number of aromatic nitrogens is 1. The molecule has 1 saturated carbocycles. The van der Waals surface area contributed by atoms with E-state index in [-0.39, 0.29) is 23.6 Å². The second kappa shape index (κ2) is 9.06. The molecule has 1 aromatic rings.